The van der Waals surface area contributed by atoms with Gasteiger partial charge in [-0.05, 0) is 24.8 Å². The number of benzene rings is 1. The zero-order valence-electron chi connectivity index (χ0n) is 14.2. The second-order valence-electron chi connectivity index (χ2n) is 7.82. The van der Waals surface area contributed by atoms with Crippen molar-refractivity contribution in [3.8, 4) is 0 Å². The summed E-state index contributed by atoms with van der Waals surface area (Å²) < 4.78 is 5.58. The molecule has 0 saturated carbocycles. The number of aliphatic hydroxyl groups excluding tert-OH is 1. The molecular formula is C18H32NO2+. The largest absolute Gasteiger partial charge is 0.385 e. The van der Waals surface area contributed by atoms with E-state index in [4.69, 9.17) is 4.74 Å². The highest BCUT2D eigenvalue weighted by atomic mass is 16.5. The molecule has 0 amide bonds. The Kier molecular flexibility index (Phi) is 6.85. The Hall–Kier alpha value is -0.900. The van der Waals surface area contributed by atoms with Gasteiger partial charge in [-0.3, -0.25) is 0 Å². The van der Waals surface area contributed by atoms with Crippen LogP contribution in [0.1, 0.15) is 46.6 Å². The molecule has 0 aliphatic heterocycles. The van der Waals surface area contributed by atoms with E-state index in [9.17, 15) is 5.11 Å². The van der Waals surface area contributed by atoms with Crippen LogP contribution in [0, 0.1) is 5.41 Å². The van der Waals surface area contributed by atoms with Gasteiger partial charge < -0.3 is 15.2 Å². The Balaban J connectivity index is 2.23. The van der Waals surface area contributed by atoms with Gasteiger partial charge in [0.25, 0.3) is 0 Å². The molecule has 0 bridgehead atoms. The summed E-state index contributed by atoms with van der Waals surface area (Å²) in [6.45, 7) is 12.8. The quantitative estimate of drug-likeness (QED) is 0.773. The second kappa shape index (κ2) is 7.92. The van der Waals surface area contributed by atoms with Crippen LogP contribution in [0.2, 0.25) is 0 Å². The highest BCUT2D eigenvalue weighted by molar-refractivity contribution is 5.13. The fourth-order valence-electron chi connectivity index (χ4n) is 2.85. The molecule has 1 atom stereocenters. The van der Waals surface area contributed by atoms with E-state index in [1.165, 1.54) is 0 Å². The summed E-state index contributed by atoms with van der Waals surface area (Å²) in [7, 11) is 0. The first-order valence-corrected chi connectivity index (χ1v) is 7.82. The van der Waals surface area contributed by atoms with Gasteiger partial charge in [0.05, 0.1) is 18.8 Å². The van der Waals surface area contributed by atoms with Crippen LogP contribution in [0.5, 0.6) is 0 Å². The Morgan fingerprint density at radius 1 is 1.10 bits per heavy atom. The van der Waals surface area contributed by atoms with Crippen LogP contribution < -0.4 is 5.32 Å². The third kappa shape index (κ3) is 8.86. The zero-order chi connectivity index (χ0) is 15.9. The minimum absolute atomic E-state index is 0.138. The molecule has 0 aliphatic rings. The van der Waals surface area contributed by atoms with Gasteiger partial charge in [-0.25, -0.2) is 0 Å². The summed E-state index contributed by atoms with van der Waals surface area (Å²) in [4.78, 5) is 0. The second-order valence-corrected chi connectivity index (χ2v) is 7.82. The molecule has 0 aromatic heterocycles. The molecular weight excluding hydrogens is 262 g/mol. The predicted octanol–water partition coefficient (Wildman–Crippen LogP) is 2.34. The van der Waals surface area contributed by atoms with Gasteiger partial charge in [0.2, 0.25) is 0 Å². The normalized spacial score (nSPS) is 14.2. The monoisotopic (exact) mass is 294 g/mol. The minimum atomic E-state index is -0.423. The van der Waals surface area contributed by atoms with Gasteiger partial charge in [-0.2, -0.15) is 0 Å². The molecule has 1 aromatic carbocycles. The molecule has 3 N–H and O–H groups in total. The molecule has 0 radical (unpaired) electrons. The van der Waals surface area contributed by atoms with E-state index >= 15 is 0 Å². The molecule has 3 nitrogen and oxygen atoms in total. The van der Waals surface area contributed by atoms with Crippen LogP contribution in [-0.4, -0.2) is 29.9 Å². The lowest BCUT2D eigenvalue weighted by molar-refractivity contribution is -0.728. The Labute approximate surface area is 129 Å². The molecule has 21 heavy (non-hydrogen) atoms. The highest BCUT2D eigenvalue weighted by Gasteiger charge is 2.28. The summed E-state index contributed by atoms with van der Waals surface area (Å²) in [5.41, 5.74) is 1.58. The van der Waals surface area contributed by atoms with Crippen LogP contribution in [0.25, 0.3) is 0 Å². The van der Waals surface area contributed by atoms with Crippen LogP contribution in [0.4, 0.5) is 0 Å². The minimum Gasteiger partial charge on any atom is -0.385 e. The van der Waals surface area contributed by atoms with Gasteiger partial charge in [0.15, 0.2) is 0 Å². The van der Waals surface area contributed by atoms with Crippen LogP contribution in [0.3, 0.4) is 0 Å². The number of hydrogen-bond donors (Lipinski definition) is 2. The van der Waals surface area contributed by atoms with E-state index in [1.54, 1.807) is 0 Å². The Morgan fingerprint density at radius 2 is 1.71 bits per heavy atom. The summed E-state index contributed by atoms with van der Waals surface area (Å²) in [6.07, 6.45) is 0.686. The maximum atomic E-state index is 10.0. The summed E-state index contributed by atoms with van der Waals surface area (Å²) in [6, 6.07) is 10.1. The average Bonchev–Trinajstić information content (AvgIpc) is 2.35. The van der Waals surface area contributed by atoms with E-state index in [2.05, 4.69) is 39.9 Å². The van der Waals surface area contributed by atoms with E-state index in [0.717, 1.165) is 12.0 Å². The molecule has 1 aromatic rings. The maximum Gasteiger partial charge on any atom is 0.126 e. The van der Waals surface area contributed by atoms with Crippen molar-refractivity contribution in [3.05, 3.63) is 35.9 Å². The van der Waals surface area contributed by atoms with Crippen molar-refractivity contribution in [3.63, 3.8) is 0 Å². The summed E-state index contributed by atoms with van der Waals surface area (Å²) in [5.74, 6) is 0. The van der Waals surface area contributed by atoms with E-state index in [-0.39, 0.29) is 5.54 Å². The van der Waals surface area contributed by atoms with Gasteiger partial charge >= 0.3 is 0 Å². The predicted molar refractivity (Wildman–Crippen MR) is 87.0 cm³/mol. The third-order valence-corrected chi connectivity index (χ3v) is 3.35. The first-order valence-electron chi connectivity index (χ1n) is 7.82. The molecule has 0 aliphatic carbocycles. The fourth-order valence-corrected chi connectivity index (χ4v) is 2.85. The lowest BCUT2D eigenvalue weighted by Gasteiger charge is -2.31. The van der Waals surface area contributed by atoms with E-state index < -0.39 is 6.10 Å². The first-order chi connectivity index (χ1) is 9.68. The topological polar surface area (TPSA) is 46.1 Å². The molecule has 0 heterocycles. The average molecular weight is 294 g/mol. The first kappa shape index (κ1) is 18.1. The van der Waals surface area contributed by atoms with Crippen molar-refractivity contribution in [1.82, 2.24) is 0 Å². The van der Waals surface area contributed by atoms with Gasteiger partial charge in [-0.1, -0.05) is 51.1 Å². The summed E-state index contributed by atoms with van der Waals surface area (Å²) >= 11 is 0. The molecule has 0 spiro atoms. The number of rotatable bonds is 8. The van der Waals surface area contributed by atoms with Crippen LogP contribution in [0.15, 0.2) is 30.3 Å². The maximum absolute atomic E-state index is 10.0. The standard InChI is InChI=1S/C18H31NO2/c1-17(2,3)14-18(4,5)19-11-16(20)13-21-12-15-9-7-6-8-10-15/h6-10,16,19-20H,11-14H2,1-5H3/p+1. The fraction of sp³-hybridized carbons (Fsp3) is 0.667. The number of nitrogens with two attached hydrogens (primary N) is 1. The number of hydrogen-bond acceptors (Lipinski definition) is 2. The van der Waals surface area contributed by atoms with E-state index in [0.29, 0.717) is 25.2 Å². The number of aliphatic hydroxyl groups is 1. The van der Waals surface area contributed by atoms with Crippen molar-refractivity contribution in [2.45, 2.75) is 59.3 Å². The lowest BCUT2D eigenvalue weighted by atomic mass is 9.82. The summed E-state index contributed by atoms with van der Waals surface area (Å²) in [5, 5.41) is 12.3. The number of quaternary nitrogens is 1. The van der Waals surface area contributed by atoms with Crippen molar-refractivity contribution < 1.29 is 15.2 Å². The molecule has 1 rings (SSSR count). The molecule has 120 valence electrons. The lowest BCUT2D eigenvalue weighted by Crippen LogP contribution is -2.97. The molecule has 1 unspecified atom stereocenters. The van der Waals surface area contributed by atoms with Crippen LogP contribution >= 0.6 is 0 Å². The zero-order valence-corrected chi connectivity index (χ0v) is 14.2. The van der Waals surface area contributed by atoms with E-state index in [1.807, 2.05) is 30.3 Å². The molecule has 3 heteroatoms. The van der Waals surface area contributed by atoms with Crippen molar-refractivity contribution >= 4 is 0 Å². The van der Waals surface area contributed by atoms with Crippen molar-refractivity contribution in [2.24, 2.45) is 5.41 Å². The van der Waals surface area contributed by atoms with Crippen molar-refractivity contribution in [2.75, 3.05) is 13.2 Å². The third-order valence-electron chi connectivity index (χ3n) is 3.35. The Morgan fingerprint density at radius 3 is 2.29 bits per heavy atom. The van der Waals surface area contributed by atoms with Gasteiger partial charge in [0.1, 0.15) is 12.6 Å². The van der Waals surface area contributed by atoms with Gasteiger partial charge in [-0.15, -0.1) is 0 Å². The highest BCUT2D eigenvalue weighted by Crippen LogP contribution is 2.24. The van der Waals surface area contributed by atoms with Crippen LogP contribution in [-0.2, 0) is 11.3 Å². The molecule has 0 fully saturated rings. The van der Waals surface area contributed by atoms with Crippen molar-refractivity contribution in [1.29, 1.82) is 0 Å². The number of ether oxygens (including phenoxy) is 1. The SMILES string of the molecule is CC(C)(C)CC(C)(C)[NH2+]CC(O)COCc1ccccc1. The molecule has 0 saturated heterocycles. The smallest absolute Gasteiger partial charge is 0.126 e. The van der Waals surface area contributed by atoms with Gasteiger partial charge in [0, 0.05) is 6.42 Å². The Bertz CT molecular complexity index is 395.